The van der Waals surface area contributed by atoms with E-state index in [0.29, 0.717) is 6.42 Å². The van der Waals surface area contributed by atoms with Crippen LogP contribution in [0.3, 0.4) is 0 Å². The third-order valence-corrected chi connectivity index (χ3v) is 5.20. The maximum absolute atomic E-state index is 13.0. The maximum Gasteiger partial charge on any atom is 0.123 e. The van der Waals surface area contributed by atoms with Crippen molar-refractivity contribution < 1.29 is 13.9 Å². The molecule has 0 atom stereocenters. The second kappa shape index (κ2) is 9.85. The Balaban J connectivity index is 0.000000161. The van der Waals surface area contributed by atoms with Crippen LogP contribution in [0, 0.1) is 11.6 Å². The van der Waals surface area contributed by atoms with Crippen LogP contribution >= 0.6 is 15.9 Å². The molecule has 0 spiro atoms. The predicted molar refractivity (Wildman–Crippen MR) is 114 cm³/mol. The summed E-state index contributed by atoms with van der Waals surface area (Å²) in [6.07, 6.45) is 7.38. The number of hydrogen-bond donors (Lipinski definition) is 3. The van der Waals surface area contributed by atoms with Crippen molar-refractivity contribution in [3.63, 3.8) is 0 Å². The molecule has 148 valence electrons. The summed E-state index contributed by atoms with van der Waals surface area (Å²) in [6.45, 7) is 0.169. The molecule has 0 unspecified atom stereocenters. The van der Waals surface area contributed by atoms with Gasteiger partial charge >= 0.3 is 0 Å². The standard InChI is InChI=1S/C11H11BrFN.C11H12FNO/c12-5-1-2-8-7-14-11-4-3-9(13)6-10(8)11;12-9-3-4-11-10(6-9)8(7-13-11)2-1-5-14/h3-4,6-7,14H,1-2,5H2;3-4,6-7,13-14H,1-2,5H2. The maximum atomic E-state index is 13.0. The zero-order chi connectivity index (χ0) is 19.9. The van der Waals surface area contributed by atoms with Gasteiger partial charge in [0.1, 0.15) is 11.6 Å². The van der Waals surface area contributed by atoms with Gasteiger partial charge < -0.3 is 15.1 Å². The minimum atomic E-state index is -0.220. The molecule has 28 heavy (non-hydrogen) atoms. The van der Waals surface area contributed by atoms with Crippen molar-refractivity contribution in [3.05, 3.63) is 71.6 Å². The van der Waals surface area contributed by atoms with E-state index in [-0.39, 0.29) is 18.2 Å². The molecular weight excluding hydrogens is 426 g/mol. The molecule has 0 amide bonds. The second-order valence-corrected chi connectivity index (χ2v) is 7.42. The van der Waals surface area contributed by atoms with Gasteiger partial charge in [-0.15, -0.1) is 0 Å². The van der Waals surface area contributed by atoms with Gasteiger partial charge in [-0.25, -0.2) is 8.78 Å². The number of aromatic amines is 2. The molecule has 0 radical (unpaired) electrons. The predicted octanol–water partition coefficient (Wildman–Crippen LogP) is 5.87. The van der Waals surface area contributed by atoms with Crippen molar-refractivity contribution in [2.45, 2.75) is 25.7 Å². The van der Waals surface area contributed by atoms with Gasteiger partial charge in [0.15, 0.2) is 0 Å². The minimum Gasteiger partial charge on any atom is -0.396 e. The number of aryl methyl sites for hydroxylation is 2. The van der Waals surface area contributed by atoms with Gasteiger partial charge in [0.2, 0.25) is 0 Å². The van der Waals surface area contributed by atoms with E-state index in [4.69, 9.17) is 5.11 Å². The molecule has 0 aliphatic rings. The van der Waals surface area contributed by atoms with Gasteiger partial charge in [0.05, 0.1) is 0 Å². The smallest absolute Gasteiger partial charge is 0.123 e. The first-order valence-electron chi connectivity index (χ1n) is 9.30. The highest BCUT2D eigenvalue weighted by Gasteiger charge is 2.04. The molecule has 0 fully saturated rings. The van der Waals surface area contributed by atoms with Crippen LogP contribution in [0.2, 0.25) is 0 Å². The minimum absolute atomic E-state index is 0.169. The van der Waals surface area contributed by atoms with Crippen molar-refractivity contribution in [1.82, 2.24) is 9.97 Å². The van der Waals surface area contributed by atoms with Gasteiger partial charge in [-0.3, -0.25) is 0 Å². The lowest BCUT2D eigenvalue weighted by molar-refractivity contribution is 0.289. The summed E-state index contributed by atoms with van der Waals surface area (Å²) in [5, 5.41) is 11.6. The normalized spacial score (nSPS) is 11.0. The number of H-pyrrole nitrogens is 2. The topological polar surface area (TPSA) is 51.8 Å². The van der Waals surface area contributed by atoms with Crippen molar-refractivity contribution in [2.75, 3.05) is 11.9 Å². The van der Waals surface area contributed by atoms with Crippen molar-refractivity contribution in [1.29, 1.82) is 0 Å². The number of rotatable bonds is 6. The number of nitrogens with one attached hydrogen (secondary N) is 2. The van der Waals surface area contributed by atoms with Crippen molar-refractivity contribution in [2.24, 2.45) is 0 Å². The highest BCUT2D eigenvalue weighted by Crippen LogP contribution is 2.21. The quantitative estimate of drug-likeness (QED) is 0.317. The van der Waals surface area contributed by atoms with E-state index in [2.05, 4.69) is 25.9 Å². The number of aliphatic hydroxyl groups is 1. The van der Waals surface area contributed by atoms with Gasteiger partial charge in [0, 0.05) is 46.1 Å². The van der Waals surface area contributed by atoms with Crippen LogP contribution in [-0.2, 0) is 12.8 Å². The summed E-state index contributed by atoms with van der Waals surface area (Å²) in [6, 6.07) is 9.55. The number of aliphatic hydroxyl groups excluding tert-OH is 1. The SMILES string of the molecule is Fc1ccc2[nH]cc(CCCBr)c2c1.OCCCc1c[nH]c2ccc(F)cc12. The molecule has 6 heteroatoms. The highest BCUT2D eigenvalue weighted by molar-refractivity contribution is 9.09. The second-order valence-electron chi connectivity index (χ2n) is 6.63. The summed E-state index contributed by atoms with van der Waals surface area (Å²) in [7, 11) is 0. The Labute approximate surface area is 170 Å². The number of fused-ring (bicyclic) bond motifs is 2. The molecule has 0 aliphatic carbocycles. The third kappa shape index (κ3) is 5.00. The lowest BCUT2D eigenvalue weighted by atomic mass is 10.1. The summed E-state index contributed by atoms with van der Waals surface area (Å²) in [4.78, 5) is 6.22. The Morgan fingerprint density at radius 1 is 0.786 bits per heavy atom. The molecule has 0 saturated carbocycles. The zero-order valence-electron chi connectivity index (χ0n) is 15.4. The van der Waals surface area contributed by atoms with Gasteiger partial charge in [-0.1, -0.05) is 15.9 Å². The molecule has 0 bridgehead atoms. The molecule has 2 aromatic carbocycles. The Kier molecular flexibility index (Phi) is 7.23. The Hall–Kier alpha value is -2.18. The van der Waals surface area contributed by atoms with E-state index in [0.717, 1.165) is 52.0 Å². The number of halogens is 3. The van der Waals surface area contributed by atoms with Crippen LogP contribution < -0.4 is 0 Å². The molecule has 3 N–H and O–H groups in total. The van der Waals surface area contributed by atoms with Crippen LogP contribution in [-0.4, -0.2) is 27.0 Å². The molecule has 0 aliphatic heterocycles. The molecule has 2 aromatic heterocycles. The lowest BCUT2D eigenvalue weighted by Crippen LogP contribution is -1.87. The van der Waals surface area contributed by atoms with Crippen LogP contribution in [0.4, 0.5) is 8.78 Å². The molecule has 4 rings (SSSR count). The summed E-state index contributed by atoms with van der Waals surface area (Å²) >= 11 is 3.39. The fourth-order valence-corrected chi connectivity index (χ4v) is 3.52. The Bertz CT molecular complexity index is 958. The molecule has 3 nitrogen and oxygen atoms in total. The fraction of sp³-hybridized carbons (Fsp3) is 0.273. The summed E-state index contributed by atoms with van der Waals surface area (Å²) in [5.41, 5.74) is 4.21. The third-order valence-electron chi connectivity index (χ3n) is 4.64. The monoisotopic (exact) mass is 448 g/mol. The van der Waals surface area contributed by atoms with E-state index >= 15 is 0 Å². The molecular formula is C22H23BrF2N2O. The van der Waals surface area contributed by atoms with E-state index in [1.54, 1.807) is 18.2 Å². The Morgan fingerprint density at radius 2 is 1.29 bits per heavy atom. The van der Waals surface area contributed by atoms with Gasteiger partial charge in [-0.05, 0) is 73.2 Å². The Morgan fingerprint density at radius 3 is 1.75 bits per heavy atom. The molecule has 2 heterocycles. The zero-order valence-corrected chi connectivity index (χ0v) is 17.0. The van der Waals surface area contributed by atoms with Crippen LogP contribution in [0.25, 0.3) is 21.8 Å². The number of hydrogen-bond acceptors (Lipinski definition) is 1. The average Bonchev–Trinajstić information content (AvgIpc) is 3.28. The van der Waals surface area contributed by atoms with Crippen LogP contribution in [0.1, 0.15) is 24.0 Å². The lowest BCUT2D eigenvalue weighted by Gasteiger charge is -1.96. The first-order valence-corrected chi connectivity index (χ1v) is 10.4. The number of alkyl halides is 1. The number of benzene rings is 2. The van der Waals surface area contributed by atoms with Crippen LogP contribution in [0.15, 0.2) is 48.8 Å². The van der Waals surface area contributed by atoms with Crippen molar-refractivity contribution >= 4 is 37.7 Å². The molecule has 0 saturated heterocycles. The highest BCUT2D eigenvalue weighted by atomic mass is 79.9. The largest absolute Gasteiger partial charge is 0.396 e. The van der Waals surface area contributed by atoms with E-state index < -0.39 is 0 Å². The molecule has 4 aromatic rings. The van der Waals surface area contributed by atoms with Gasteiger partial charge in [-0.2, -0.15) is 0 Å². The van der Waals surface area contributed by atoms with E-state index in [9.17, 15) is 8.78 Å². The summed E-state index contributed by atoms with van der Waals surface area (Å²) < 4.78 is 25.9. The van der Waals surface area contributed by atoms with Crippen LogP contribution in [0.5, 0.6) is 0 Å². The first kappa shape index (κ1) is 20.6. The van der Waals surface area contributed by atoms with Crippen molar-refractivity contribution in [3.8, 4) is 0 Å². The number of aromatic nitrogens is 2. The van der Waals surface area contributed by atoms with E-state index in [1.165, 1.54) is 23.8 Å². The van der Waals surface area contributed by atoms with E-state index in [1.807, 2.05) is 12.4 Å². The summed E-state index contributed by atoms with van der Waals surface area (Å²) in [5.74, 6) is -0.389. The average molecular weight is 449 g/mol. The van der Waals surface area contributed by atoms with Gasteiger partial charge in [0.25, 0.3) is 0 Å². The fourth-order valence-electron chi connectivity index (χ4n) is 3.24. The first-order chi connectivity index (χ1) is 13.6.